The minimum atomic E-state index is -0.0724. The monoisotopic (exact) mass is 319 g/mol. The number of aromatic nitrogens is 2. The van der Waals surface area contributed by atoms with E-state index in [4.69, 9.17) is 4.74 Å². The lowest BCUT2D eigenvalue weighted by atomic mass is 10.2. The number of amides is 1. The molecule has 0 atom stereocenters. The average Bonchev–Trinajstić information content (AvgIpc) is 3.09. The lowest BCUT2D eigenvalue weighted by molar-refractivity contribution is 0.0398. The molecule has 2 heterocycles. The van der Waals surface area contributed by atoms with Crippen LogP contribution < -0.4 is 10.6 Å². The Bertz CT molecular complexity index is 496. The first-order valence-corrected chi connectivity index (χ1v) is 8.48. The first-order valence-electron chi connectivity index (χ1n) is 8.48. The highest BCUT2D eigenvalue weighted by molar-refractivity contribution is 5.93. The number of anilines is 1. The van der Waals surface area contributed by atoms with Gasteiger partial charge in [0.1, 0.15) is 0 Å². The van der Waals surface area contributed by atoms with Crippen LogP contribution in [0.3, 0.4) is 0 Å². The van der Waals surface area contributed by atoms with Crippen LogP contribution in [0.5, 0.6) is 0 Å². The molecule has 1 amide bonds. The lowest BCUT2D eigenvalue weighted by Crippen LogP contribution is -2.39. The van der Waals surface area contributed by atoms with Crippen molar-refractivity contribution >= 4 is 11.9 Å². The third-order valence-electron chi connectivity index (χ3n) is 4.42. The second kappa shape index (κ2) is 8.21. The van der Waals surface area contributed by atoms with Gasteiger partial charge in [-0.2, -0.15) is 0 Å². The zero-order valence-electron chi connectivity index (χ0n) is 13.5. The topological polar surface area (TPSA) is 79.4 Å². The van der Waals surface area contributed by atoms with E-state index in [-0.39, 0.29) is 5.91 Å². The molecule has 126 valence electrons. The Morgan fingerprint density at radius 2 is 1.91 bits per heavy atom. The van der Waals surface area contributed by atoms with E-state index in [1.165, 1.54) is 12.8 Å². The molecule has 0 bridgehead atoms. The largest absolute Gasteiger partial charge is 0.379 e. The van der Waals surface area contributed by atoms with E-state index in [2.05, 4.69) is 25.5 Å². The highest BCUT2D eigenvalue weighted by Gasteiger charge is 2.18. The maximum absolute atomic E-state index is 12.1. The quantitative estimate of drug-likeness (QED) is 0.811. The zero-order chi connectivity index (χ0) is 15.9. The molecular weight excluding hydrogens is 294 g/mol. The van der Waals surface area contributed by atoms with Gasteiger partial charge in [-0.3, -0.25) is 9.69 Å². The summed E-state index contributed by atoms with van der Waals surface area (Å²) >= 11 is 0. The van der Waals surface area contributed by atoms with Gasteiger partial charge in [-0.1, -0.05) is 12.8 Å². The molecule has 1 aromatic rings. The van der Waals surface area contributed by atoms with Gasteiger partial charge in [0.15, 0.2) is 0 Å². The molecular formula is C16H25N5O2. The Kier molecular flexibility index (Phi) is 5.76. The van der Waals surface area contributed by atoms with E-state index in [1.54, 1.807) is 12.4 Å². The maximum Gasteiger partial charge on any atom is 0.254 e. The Hall–Kier alpha value is -1.73. The summed E-state index contributed by atoms with van der Waals surface area (Å²) in [6, 6.07) is 0.314. The number of nitrogens with one attached hydrogen (secondary N) is 2. The molecule has 1 saturated heterocycles. The second-order valence-electron chi connectivity index (χ2n) is 6.13. The molecule has 0 spiro atoms. The van der Waals surface area contributed by atoms with Crippen molar-refractivity contribution in [3.05, 3.63) is 18.0 Å². The second-order valence-corrected chi connectivity index (χ2v) is 6.13. The highest BCUT2D eigenvalue weighted by atomic mass is 16.5. The lowest BCUT2D eigenvalue weighted by Gasteiger charge is -2.26. The van der Waals surface area contributed by atoms with Crippen LogP contribution in [-0.2, 0) is 4.74 Å². The predicted molar refractivity (Wildman–Crippen MR) is 87.5 cm³/mol. The number of ether oxygens (including phenoxy) is 1. The Labute approximate surface area is 136 Å². The fourth-order valence-corrected chi connectivity index (χ4v) is 3.03. The Morgan fingerprint density at radius 1 is 1.22 bits per heavy atom. The summed E-state index contributed by atoms with van der Waals surface area (Å²) < 4.78 is 5.32. The summed E-state index contributed by atoms with van der Waals surface area (Å²) in [6.07, 6.45) is 7.74. The molecule has 0 radical (unpaired) electrons. The predicted octanol–water partition coefficient (Wildman–Crippen LogP) is 0.893. The molecule has 0 aromatic carbocycles. The third-order valence-corrected chi connectivity index (χ3v) is 4.42. The molecule has 1 aromatic heterocycles. The number of hydrogen-bond donors (Lipinski definition) is 2. The third kappa shape index (κ3) is 4.87. The van der Waals surface area contributed by atoms with E-state index in [0.717, 1.165) is 52.2 Å². The summed E-state index contributed by atoms with van der Waals surface area (Å²) in [4.78, 5) is 22.9. The minimum Gasteiger partial charge on any atom is -0.379 e. The highest BCUT2D eigenvalue weighted by Crippen LogP contribution is 2.18. The molecule has 3 rings (SSSR count). The van der Waals surface area contributed by atoms with Crippen molar-refractivity contribution in [3.8, 4) is 0 Å². The van der Waals surface area contributed by atoms with Gasteiger partial charge in [0.05, 0.1) is 18.8 Å². The van der Waals surface area contributed by atoms with E-state index >= 15 is 0 Å². The first kappa shape index (κ1) is 16.1. The Morgan fingerprint density at radius 3 is 2.61 bits per heavy atom. The standard InChI is InChI=1S/C16H25N5O2/c22-15(20-14-3-1-2-4-14)13-11-18-16(19-12-13)17-5-6-21-7-9-23-10-8-21/h11-12,14H,1-10H2,(H,20,22)(H,17,18,19). The van der Waals surface area contributed by atoms with Crippen molar-refractivity contribution in [3.63, 3.8) is 0 Å². The number of nitrogens with zero attached hydrogens (tertiary/aromatic N) is 3. The molecule has 1 aliphatic heterocycles. The number of carbonyl (C=O) groups is 1. The number of hydrogen-bond acceptors (Lipinski definition) is 6. The molecule has 23 heavy (non-hydrogen) atoms. The summed E-state index contributed by atoms with van der Waals surface area (Å²) in [5.41, 5.74) is 0.524. The van der Waals surface area contributed by atoms with Crippen molar-refractivity contribution in [1.82, 2.24) is 20.2 Å². The van der Waals surface area contributed by atoms with Crippen LogP contribution in [0, 0.1) is 0 Å². The first-order chi connectivity index (χ1) is 11.3. The van der Waals surface area contributed by atoms with Gasteiger partial charge in [-0.15, -0.1) is 0 Å². The summed E-state index contributed by atoms with van der Waals surface area (Å²) in [6.45, 7) is 5.29. The number of morpholine rings is 1. The van der Waals surface area contributed by atoms with E-state index in [1.807, 2.05) is 0 Å². The van der Waals surface area contributed by atoms with E-state index in [9.17, 15) is 4.79 Å². The molecule has 2 fully saturated rings. The number of carbonyl (C=O) groups excluding carboxylic acids is 1. The maximum atomic E-state index is 12.1. The van der Waals surface area contributed by atoms with Crippen LogP contribution in [-0.4, -0.2) is 66.2 Å². The van der Waals surface area contributed by atoms with Gasteiger partial charge in [-0.25, -0.2) is 9.97 Å². The fraction of sp³-hybridized carbons (Fsp3) is 0.688. The fourth-order valence-electron chi connectivity index (χ4n) is 3.03. The van der Waals surface area contributed by atoms with Gasteiger partial charge in [0.25, 0.3) is 5.91 Å². The molecule has 2 N–H and O–H groups in total. The zero-order valence-corrected chi connectivity index (χ0v) is 13.5. The van der Waals surface area contributed by atoms with Crippen molar-refractivity contribution < 1.29 is 9.53 Å². The van der Waals surface area contributed by atoms with E-state index in [0.29, 0.717) is 17.6 Å². The van der Waals surface area contributed by atoms with Gasteiger partial charge in [0, 0.05) is 44.6 Å². The smallest absolute Gasteiger partial charge is 0.254 e. The van der Waals surface area contributed by atoms with Crippen molar-refractivity contribution in [1.29, 1.82) is 0 Å². The van der Waals surface area contributed by atoms with Crippen LogP contribution in [0.2, 0.25) is 0 Å². The molecule has 7 nitrogen and oxygen atoms in total. The SMILES string of the molecule is O=C(NC1CCCC1)c1cnc(NCCN2CCOCC2)nc1. The van der Waals surface area contributed by atoms with Crippen molar-refractivity contribution in [2.45, 2.75) is 31.7 Å². The van der Waals surface area contributed by atoms with Crippen molar-refractivity contribution in [2.75, 3.05) is 44.7 Å². The number of rotatable bonds is 6. The normalized spacial score (nSPS) is 19.7. The van der Waals surface area contributed by atoms with Gasteiger partial charge >= 0.3 is 0 Å². The van der Waals surface area contributed by atoms with Crippen LogP contribution in [0.25, 0.3) is 0 Å². The summed E-state index contributed by atoms with van der Waals surface area (Å²) in [5, 5.41) is 6.24. The molecule has 0 unspecified atom stereocenters. The minimum absolute atomic E-state index is 0.0724. The average molecular weight is 319 g/mol. The van der Waals surface area contributed by atoms with Crippen LogP contribution in [0.15, 0.2) is 12.4 Å². The summed E-state index contributed by atoms with van der Waals surface area (Å²) in [7, 11) is 0. The molecule has 2 aliphatic rings. The Balaban J connectivity index is 1.41. The van der Waals surface area contributed by atoms with Gasteiger partial charge < -0.3 is 15.4 Å². The van der Waals surface area contributed by atoms with Crippen LogP contribution >= 0.6 is 0 Å². The van der Waals surface area contributed by atoms with Crippen LogP contribution in [0.4, 0.5) is 5.95 Å². The van der Waals surface area contributed by atoms with Crippen molar-refractivity contribution in [2.24, 2.45) is 0 Å². The summed E-state index contributed by atoms with van der Waals surface area (Å²) in [5.74, 6) is 0.493. The van der Waals surface area contributed by atoms with E-state index < -0.39 is 0 Å². The molecule has 1 aliphatic carbocycles. The van der Waals surface area contributed by atoms with Gasteiger partial charge in [0.2, 0.25) is 5.95 Å². The molecule has 7 heteroatoms. The van der Waals surface area contributed by atoms with Gasteiger partial charge in [-0.05, 0) is 12.8 Å². The van der Waals surface area contributed by atoms with Crippen LogP contribution in [0.1, 0.15) is 36.0 Å². The molecule has 1 saturated carbocycles.